The van der Waals surface area contributed by atoms with Crippen molar-refractivity contribution in [2.45, 2.75) is 33.7 Å². The number of rotatable bonds is 5. The number of esters is 2. The minimum absolute atomic E-state index is 0.0843. The largest absolute Gasteiger partial charge is 0.464 e. The van der Waals surface area contributed by atoms with Crippen molar-refractivity contribution in [3.8, 4) is 0 Å². The van der Waals surface area contributed by atoms with Gasteiger partial charge >= 0.3 is 11.9 Å². The van der Waals surface area contributed by atoms with Crippen molar-refractivity contribution in [1.29, 1.82) is 0 Å². The summed E-state index contributed by atoms with van der Waals surface area (Å²) in [7, 11) is 0. The molecule has 1 atom stereocenters. The highest BCUT2D eigenvalue weighted by Gasteiger charge is 2.42. The van der Waals surface area contributed by atoms with Gasteiger partial charge in [0.15, 0.2) is 6.04 Å². The van der Waals surface area contributed by atoms with Gasteiger partial charge in [0.25, 0.3) is 0 Å². The Morgan fingerprint density at radius 1 is 1.00 bits per heavy atom. The highest BCUT2D eigenvalue weighted by atomic mass is 35.5. The van der Waals surface area contributed by atoms with Crippen molar-refractivity contribution in [2.75, 3.05) is 18.1 Å². The maximum Gasteiger partial charge on any atom is 0.374 e. The number of halogens is 2. The molecule has 0 spiro atoms. The van der Waals surface area contributed by atoms with Gasteiger partial charge in [-0.05, 0) is 57.0 Å². The van der Waals surface area contributed by atoms with Crippen LogP contribution in [0.3, 0.4) is 0 Å². The lowest BCUT2D eigenvalue weighted by atomic mass is 9.97. The molecule has 0 N–H and O–H groups in total. The minimum Gasteiger partial charge on any atom is -0.464 e. The second-order valence-electron chi connectivity index (χ2n) is 6.82. The molecule has 1 heterocycles. The van der Waals surface area contributed by atoms with Crippen molar-refractivity contribution < 1.29 is 19.1 Å². The van der Waals surface area contributed by atoms with Crippen LogP contribution in [0.5, 0.6) is 0 Å². The zero-order valence-corrected chi connectivity index (χ0v) is 18.7. The summed E-state index contributed by atoms with van der Waals surface area (Å²) < 4.78 is 10.6. The zero-order chi connectivity index (χ0) is 22.0. The van der Waals surface area contributed by atoms with Crippen molar-refractivity contribution in [1.82, 2.24) is 0 Å². The van der Waals surface area contributed by atoms with E-state index in [1.807, 2.05) is 26.0 Å². The Kier molecular flexibility index (Phi) is 6.68. The van der Waals surface area contributed by atoms with E-state index in [-0.39, 0.29) is 19.0 Å². The number of aliphatic imine (C=N–C) groups is 1. The van der Waals surface area contributed by atoms with Gasteiger partial charge in [-0.25, -0.2) is 14.6 Å². The molecule has 0 radical (unpaired) electrons. The monoisotopic (exact) mass is 448 g/mol. The van der Waals surface area contributed by atoms with Gasteiger partial charge in [0.05, 0.1) is 34.6 Å². The van der Waals surface area contributed by atoms with Crippen LogP contribution in [0.4, 0.5) is 11.4 Å². The number of carbonyl (C=O) groups is 2. The van der Waals surface area contributed by atoms with Gasteiger partial charge in [-0.3, -0.25) is 0 Å². The maximum atomic E-state index is 13.1. The highest BCUT2D eigenvalue weighted by molar-refractivity contribution is 6.45. The molecule has 0 bridgehead atoms. The van der Waals surface area contributed by atoms with E-state index in [2.05, 4.69) is 4.99 Å². The molecular weight excluding hydrogens is 427 g/mol. The second kappa shape index (κ2) is 9.06. The molecule has 8 heteroatoms. The third-order valence-electron chi connectivity index (χ3n) is 4.57. The molecule has 0 fully saturated rings. The van der Waals surface area contributed by atoms with Gasteiger partial charge in [-0.15, -0.1) is 0 Å². The first-order valence-corrected chi connectivity index (χ1v) is 10.3. The fraction of sp³-hybridized carbons (Fsp3) is 0.318. The zero-order valence-electron chi connectivity index (χ0n) is 17.2. The number of ether oxygens (including phenoxy) is 2. The second-order valence-corrected chi connectivity index (χ2v) is 7.63. The Hall–Kier alpha value is -2.57. The van der Waals surface area contributed by atoms with Crippen LogP contribution in [0, 0.1) is 13.8 Å². The number of aryl methyl sites for hydroxylation is 2. The predicted molar refractivity (Wildman–Crippen MR) is 118 cm³/mol. The Morgan fingerprint density at radius 2 is 1.67 bits per heavy atom. The first kappa shape index (κ1) is 22.1. The summed E-state index contributed by atoms with van der Waals surface area (Å²) in [6.07, 6.45) is 0. The Labute approximate surface area is 185 Å². The number of amidine groups is 1. The van der Waals surface area contributed by atoms with Gasteiger partial charge in [-0.2, -0.15) is 0 Å². The van der Waals surface area contributed by atoms with Crippen molar-refractivity contribution in [3.05, 3.63) is 57.1 Å². The number of benzene rings is 2. The number of nitrogens with zero attached hydrogens (tertiary/aromatic N) is 2. The van der Waals surface area contributed by atoms with E-state index in [1.54, 1.807) is 32.0 Å². The lowest BCUT2D eigenvalue weighted by Gasteiger charge is -2.36. The maximum absolute atomic E-state index is 13.1. The van der Waals surface area contributed by atoms with E-state index in [4.69, 9.17) is 32.7 Å². The van der Waals surface area contributed by atoms with E-state index >= 15 is 0 Å². The first-order chi connectivity index (χ1) is 14.3. The third kappa shape index (κ3) is 4.16. The van der Waals surface area contributed by atoms with E-state index in [0.717, 1.165) is 11.1 Å². The normalized spacial score (nSPS) is 15.3. The summed E-state index contributed by atoms with van der Waals surface area (Å²) in [6, 6.07) is 7.86. The number of carbonyl (C=O) groups excluding carboxylic acids is 2. The predicted octanol–water partition coefficient (Wildman–Crippen LogP) is 5.33. The fourth-order valence-electron chi connectivity index (χ4n) is 3.36. The average molecular weight is 449 g/mol. The molecule has 6 nitrogen and oxygen atoms in total. The quantitative estimate of drug-likeness (QED) is 0.578. The SMILES string of the molecule is CCOC(=O)C1=Nc2c(Cl)cc(C)cc2C(C(=O)OCC)N1c1ccc(C)cc1Cl. The first-order valence-electron chi connectivity index (χ1n) is 9.56. The van der Waals surface area contributed by atoms with Crippen molar-refractivity contribution in [2.24, 2.45) is 4.99 Å². The lowest BCUT2D eigenvalue weighted by Crippen LogP contribution is -2.46. The standard InChI is InChI=1S/C22H22Cl2N2O4/c1-5-29-21(27)19-14-9-13(4)11-16(24)18(14)25-20(22(28)30-6-2)26(19)17-8-7-12(3)10-15(17)23/h7-11,19H,5-6H2,1-4H3. The molecule has 1 aliphatic heterocycles. The third-order valence-corrected chi connectivity index (χ3v) is 5.16. The molecule has 1 aliphatic rings. The summed E-state index contributed by atoms with van der Waals surface area (Å²) >= 11 is 13.0. The molecule has 0 saturated carbocycles. The topological polar surface area (TPSA) is 68.2 Å². The number of hydrogen-bond acceptors (Lipinski definition) is 6. The molecule has 0 amide bonds. The summed E-state index contributed by atoms with van der Waals surface area (Å²) in [4.78, 5) is 31.9. The van der Waals surface area contributed by atoms with Crippen LogP contribution in [-0.2, 0) is 19.1 Å². The molecule has 30 heavy (non-hydrogen) atoms. The Balaban J connectivity index is 2.33. The van der Waals surface area contributed by atoms with Crippen LogP contribution in [0.15, 0.2) is 35.3 Å². The van der Waals surface area contributed by atoms with Crippen molar-refractivity contribution in [3.63, 3.8) is 0 Å². The minimum atomic E-state index is -1.01. The molecule has 1 unspecified atom stereocenters. The van der Waals surface area contributed by atoms with E-state index in [0.29, 0.717) is 27.0 Å². The lowest BCUT2D eigenvalue weighted by molar-refractivity contribution is -0.144. The van der Waals surface area contributed by atoms with Crippen LogP contribution in [-0.4, -0.2) is 31.0 Å². The van der Waals surface area contributed by atoms with Gasteiger partial charge < -0.3 is 14.4 Å². The van der Waals surface area contributed by atoms with Gasteiger partial charge in [0.1, 0.15) is 0 Å². The average Bonchev–Trinajstić information content (AvgIpc) is 2.67. The van der Waals surface area contributed by atoms with Crippen LogP contribution in [0.1, 0.15) is 36.6 Å². The van der Waals surface area contributed by atoms with Gasteiger partial charge in [0, 0.05) is 5.56 Å². The summed E-state index contributed by atoms with van der Waals surface area (Å²) in [5.41, 5.74) is 3.08. The van der Waals surface area contributed by atoms with Crippen LogP contribution in [0.25, 0.3) is 0 Å². The van der Waals surface area contributed by atoms with Crippen LogP contribution >= 0.6 is 23.2 Å². The molecule has 2 aromatic rings. The van der Waals surface area contributed by atoms with Gasteiger partial charge in [-0.1, -0.05) is 35.3 Å². The van der Waals surface area contributed by atoms with Crippen LogP contribution < -0.4 is 4.90 Å². The van der Waals surface area contributed by atoms with E-state index in [1.165, 1.54) is 4.90 Å². The summed E-state index contributed by atoms with van der Waals surface area (Å²) in [5, 5.41) is 0.694. The van der Waals surface area contributed by atoms with Crippen molar-refractivity contribution >= 4 is 52.4 Å². The molecule has 0 aromatic heterocycles. The molecular formula is C22H22Cl2N2O4. The fourth-order valence-corrected chi connectivity index (χ4v) is 4.01. The highest BCUT2D eigenvalue weighted by Crippen LogP contribution is 2.44. The Bertz CT molecular complexity index is 1040. The summed E-state index contributed by atoms with van der Waals surface area (Å²) in [5.74, 6) is -1.32. The van der Waals surface area contributed by atoms with Gasteiger partial charge in [0.2, 0.25) is 5.84 Å². The molecule has 2 aromatic carbocycles. The number of hydrogen-bond donors (Lipinski definition) is 0. The molecule has 3 rings (SSSR count). The Morgan fingerprint density at radius 3 is 2.30 bits per heavy atom. The number of fused-ring (bicyclic) bond motifs is 1. The molecule has 0 saturated heterocycles. The number of anilines is 1. The smallest absolute Gasteiger partial charge is 0.374 e. The molecule has 158 valence electrons. The van der Waals surface area contributed by atoms with E-state index in [9.17, 15) is 9.59 Å². The summed E-state index contributed by atoms with van der Waals surface area (Å²) in [6.45, 7) is 7.49. The van der Waals surface area contributed by atoms with E-state index < -0.39 is 18.0 Å². The van der Waals surface area contributed by atoms with Crippen LogP contribution in [0.2, 0.25) is 10.0 Å². The molecule has 0 aliphatic carbocycles.